The molecule has 88 valence electrons. The summed E-state index contributed by atoms with van der Waals surface area (Å²) in [6, 6.07) is 6.22. The maximum Gasteiger partial charge on any atom is 0.142 e. The molecule has 17 heavy (non-hydrogen) atoms. The van der Waals surface area contributed by atoms with Gasteiger partial charge in [-0.3, -0.25) is 0 Å². The summed E-state index contributed by atoms with van der Waals surface area (Å²) in [5.41, 5.74) is 3.31. The lowest BCUT2D eigenvalue weighted by molar-refractivity contribution is 0.323. The molecule has 1 aliphatic rings. The van der Waals surface area contributed by atoms with Crippen LogP contribution in [-0.4, -0.2) is 18.1 Å². The van der Waals surface area contributed by atoms with E-state index in [1.165, 1.54) is 4.88 Å². The maximum atomic E-state index is 5.57. The highest BCUT2D eigenvalue weighted by atomic mass is 32.1. The molecular formula is C13H14N2OS. The molecule has 1 N–H and O–H groups in total. The smallest absolute Gasteiger partial charge is 0.142 e. The molecule has 0 bridgehead atoms. The molecule has 1 aromatic carbocycles. The lowest BCUT2D eigenvalue weighted by atomic mass is 10.1. The summed E-state index contributed by atoms with van der Waals surface area (Å²) in [7, 11) is 0. The van der Waals surface area contributed by atoms with E-state index in [0.29, 0.717) is 0 Å². The third kappa shape index (κ3) is 1.89. The van der Waals surface area contributed by atoms with Gasteiger partial charge in [-0.1, -0.05) is 0 Å². The second-order valence-corrected chi connectivity index (χ2v) is 5.53. The average molecular weight is 246 g/mol. The Kier molecular flexibility index (Phi) is 2.52. The number of hydrogen-bond acceptors (Lipinski definition) is 4. The number of nitrogens with zero attached hydrogens (tertiary/aromatic N) is 1. The molecule has 0 fully saturated rings. The molecule has 2 aromatic rings. The second-order valence-electron chi connectivity index (χ2n) is 4.12. The molecule has 3 rings (SSSR count). The summed E-state index contributed by atoms with van der Waals surface area (Å²) < 4.78 is 5.57. The van der Waals surface area contributed by atoms with Gasteiger partial charge in [0.1, 0.15) is 12.4 Å². The van der Waals surface area contributed by atoms with Gasteiger partial charge in [-0.15, -0.1) is 11.3 Å². The van der Waals surface area contributed by atoms with Crippen LogP contribution in [0.15, 0.2) is 18.2 Å². The zero-order valence-corrected chi connectivity index (χ0v) is 10.7. The van der Waals surface area contributed by atoms with Gasteiger partial charge in [-0.25, -0.2) is 4.98 Å². The topological polar surface area (TPSA) is 34.2 Å². The second kappa shape index (κ2) is 4.04. The standard InChI is InChI=1S/C13H14N2OS/c1-8-13(15-9(2)17-8)10-3-4-12-11(7-10)14-5-6-16-12/h3-4,7,14H,5-6H2,1-2H3. The molecule has 1 aliphatic heterocycles. The summed E-state index contributed by atoms with van der Waals surface area (Å²) in [4.78, 5) is 5.84. The third-order valence-electron chi connectivity index (χ3n) is 2.83. The molecule has 4 heteroatoms. The van der Waals surface area contributed by atoms with Crippen molar-refractivity contribution in [3.8, 4) is 17.0 Å². The van der Waals surface area contributed by atoms with Crippen LogP contribution in [-0.2, 0) is 0 Å². The SMILES string of the molecule is Cc1nc(-c2ccc3c(c2)NCCO3)c(C)s1. The maximum absolute atomic E-state index is 5.57. The largest absolute Gasteiger partial charge is 0.490 e. The molecular weight excluding hydrogens is 232 g/mol. The molecule has 0 atom stereocenters. The van der Waals surface area contributed by atoms with E-state index < -0.39 is 0 Å². The van der Waals surface area contributed by atoms with Crippen molar-refractivity contribution < 1.29 is 4.74 Å². The fourth-order valence-corrected chi connectivity index (χ4v) is 2.92. The minimum absolute atomic E-state index is 0.737. The summed E-state index contributed by atoms with van der Waals surface area (Å²) in [5.74, 6) is 0.935. The molecule has 0 unspecified atom stereocenters. The van der Waals surface area contributed by atoms with Crippen molar-refractivity contribution in [1.29, 1.82) is 0 Å². The van der Waals surface area contributed by atoms with Gasteiger partial charge < -0.3 is 10.1 Å². The predicted molar refractivity (Wildman–Crippen MR) is 71.0 cm³/mol. The van der Waals surface area contributed by atoms with Gasteiger partial charge in [0.05, 0.1) is 16.4 Å². The van der Waals surface area contributed by atoms with Crippen LogP contribution < -0.4 is 10.1 Å². The van der Waals surface area contributed by atoms with Crippen molar-refractivity contribution >= 4 is 17.0 Å². The third-order valence-corrected chi connectivity index (χ3v) is 3.72. The number of hydrogen-bond donors (Lipinski definition) is 1. The summed E-state index contributed by atoms with van der Waals surface area (Å²) in [6.07, 6.45) is 0. The van der Waals surface area contributed by atoms with Gasteiger partial charge in [0.15, 0.2) is 0 Å². The van der Waals surface area contributed by atoms with Crippen LogP contribution >= 0.6 is 11.3 Å². The lowest BCUT2D eigenvalue weighted by Crippen LogP contribution is -2.17. The van der Waals surface area contributed by atoms with Gasteiger partial charge in [-0.05, 0) is 32.0 Å². The van der Waals surface area contributed by atoms with E-state index in [2.05, 4.69) is 29.4 Å². The van der Waals surface area contributed by atoms with Gasteiger partial charge in [0.25, 0.3) is 0 Å². The zero-order valence-electron chi connectivity index (χ0n) is 9.91. The van der Waals surface area contributed by atoms with E-state index in [4.69, 9.17) is 4.74 Å². The quantitative estimate of drug-likeness (QED) is 0.838. The Labute approximate surface area is 104 Å². The van der Waals surface area contributed by atoms with Crippen molar-refractivity contribution in [2.24, 2.45) is 0 Å². The first-order valence-electron chi connectivity index (χ1n) is 5.69. The van der Waals surface area contributed by atoms with Crippen molar-refractivity contribution in [2.75, 3.05) is 18.5 Å². The molecule has 0 aliphatic carbocycles. The number of ether oxygens (including phenoxy) is 1. The molecule has 0 amide bonds. The normalized spacial score (nSPS) is 13.8. The number of aromatic nitrogens is 1. The zero-order chi connectivity index (χ0) is 11.8. The number of fused-ring (bicyclic) bond motifs is 1. The monoisotopic (exact) mass is 246 g/mol. The molecule has 3 nitrogen and oxygen atoms in total. The van der Waals surface area contributed by atoms with Crippen LogP contribution in [0, 0.1) is 13.8 Å². The molecule has 1 aromatic heterocycles. The number of aryl methyl sites for hydroxylation is 2. The Morgan fingerprint density at radius 2 is 2.24 bits per heavy atom. The van der Waals surface area contributed by atoms with Gasteiger partial charge >= 0.3 is 0 Å². The minimum Gasteiger partial charge on any atom is -0.490 e. The molecule has 0 radical (unpaired) electrons. The van der Waals surface area contributed by atoms with Crippen LogP contribution in [0.25, 0.3) is 11.3 Å². The van der Waals surface area contributed by atoms with Crippen molar-refractivity contribution in [3.05, 3.63) is 28.1 Å². The number of rotatable bonds is 1. The predicted octanol–water partition coefficient (Wildman–Crippen LogP) is 3.23. The van der Waals surface area contributed by atoms with Gasteiger partial charge in [0.2, 0.25) is 0 Å². The van der Waals surface area contributed by atoms with Crippen LogP contribution in [0.2, 0.25) is 0 Å². The molecule has 0 saturated carbocycles. The van der Waals surface area contributed by atoms with Crippen molar-refractivity contribution in [3.63, 3.8) is 0 Å². The first kappa shape index (κ1) is 10.6. The van der Waals surface area contributed by atoms with Crippen LogP contribution in [0.4, 0.5) is 5.69 Å². The molecule has 0 saturated heterocycles. The number of thiazole rings is 1. The van der Waals surface area contributed by atoms with E-state index >= 15 is 0 Å². The first-order chi connectivity index (χ1) is 8.24. The fraction of sp³-hybridized carbons (Fsp3) is 0.308. The van der Waals surface area contributed by atoms with E-state index in [9.17, 15) is 0 Å². The lowest BCUT2D eigenvalue weighted by Gasteiger charge is -2.19. The Hall–Kier alpha value is -1.55. The Morgan fingerprint density at radius 3 is 3.00 bits per heavy atom. The summed E-state index contributed by atoms with van der Waals surface area (Å²) >= 11 is 1.74. The Morgan fingerprint density at radius 1 is 1.35 bits per heavy atom. The van der Waals surface area contributed by atoms with Gasteiger partial charge in [-0.2, -0.15) is 0 Å². The molecule has 2 heterocycles. The Bertz CT molecular complexity index is 563. The van der Waals surface area contributed by atoms with E-state index in [0.717, 1.165) is 40.9 Å². The average Bonchev–Trinajstić information content (AvgIpc) is 2.68. The highest BCUT2D eigenvalue weighted by molar-refractivity contribution is 7.11. The van der Waals surface area contributed by atoms with Crippen LogP contribution in [0.1, 0.15) is 9.88 Å². The highest BCUT2D eigenvalue weighted by Crippen LogP contribution is 2.34. The first-order valence-corrected chi connectivity index (χ1v) is 6.51. The van der Waals surface area contributed by atoms with E-state index in [1.807, 2.05) is 13.0 Å². The summed E-state index contributed by atoms with van der Waals surface area (Å²) in [6.45, 7) is 5.76. The fourth-order valence-electron chi connectivity index (χ4n) is 2.08. The van der Waals surface area contributed by atoms with Gasteiger partial charge in [0, 0.05) is 17.0 Å². The Balaban J connectivity index is 2.06. The van der Waals surface area contributed by atoms with Crippen molar-refractivity contribution in [2.45, 2.75) is 13.8 Å². The van der Waals surface area contributed by atoms with E-state index in [1.54, 1.807) is 11.3 Å². The summed E-state index contributed by atoms with van der Waals surface area (Å²) in [5, 5.41) is 4.46. The number of nitrogens with one attached hydrogen (secondary N) is 1. The number of anilines is 1. The highest BCUT2D eigenvalue weighted by Gasteiger charge is 2.13. The van der Waals surface area contributed by atoms with E-state index in [-0.39, 0.29) is 0 Å². The van der Waals surface area contributed by atoms with Crippen molar-refractivity contribution in [1.82, 2.24) is 4.98 Å². The molecule has 0 spiro atoms. The minimum atomic E-state index is 0.737. The number of benzene rings is 1. The van der Waals surface area contributed by atoms with Crippen LogP contribution in [0.5, 0.6) is 5.75 Å². The van der Waals surface area contributed by atoms with Crippen LogP contribution in [0.3, 0.4) is 0 Å².